The molecule has 0 spiro atoms. The second-order valence-electron chi connectivity index (χ2n) is 7.25. The molecule has 0 radical (unpaired) electrons. The van der Waals surface area contributed by atoms with E-state index in [1.165, 1.54) is 12.1 Å². The Kier molecular flexibility index (Phi) is 10.3. The summed E-state index contributed by atoms with van der Waals surface area (Å²) in [5.41, 5.74) is 1.94. The van der Waals surface area contributed by atoms with E-state index in [2.05, 4.69) is 27.6 Å². The molecule has 2 atom stereocenters. The van der Waals surface area contributed by atoms with Gasteiger partial charge in [-0.3, -0.25) is 9.78 Å². The number of benzene rings is 1. The van der Waals surface area contributed by atoms with Crippen molar-refractivity contribution in [2.45, 2.75) is 59.9 Å². The van der Waals surface area contributed by atoms with Crippen molar-refractivity contribution in [3.8, 4) is 5.69 Å². The predicted octanol–water partition coefficient (Wildman–Crippen LogP) is 5.12. The number of nitrogens with zero attached hydrogens (tertiary/aromatic N) is 3. The fourth-order valence-electron chi connectivity index (χ4n) is 3.93. The number of hydrogen-bond acceptors (Lipinski definition) is 4. The van der Waals surface area contributed by atoms with E-state index in [9.17, 15) is 9.18 Å². The topological polar surface area (TPSA) is 71.8 Å². The van der Waals surface area contributed by atoms with E-state index >= 15 is 0 Å². The average Bonchev–Trinajstić information content (AvgIpc) is 3.30. The summed E-state index contributed by atoms with van der Waals surface area (Å²) in [6, 6.07) is 6.20. The van der Waals surface area contributed by atoms with Crippen LogP contribution in [0, 0.1) is 11.7 Å². The van der Waals surface area contributed by atoms with Crippen LogP contribution in [0.2, 0.25) is 0 Å². The lowest BCUT2D eigenvalue weighted by atomic mass is 9.90. The molecule has 2 aromatic heterocycles. The quantitative estimate of drug-likeness (QED) is 0.576. The fraction of sp³-hybridized carbons (Fsp3) is 0.480. The van der Waals surface area contributed by atoms with Crippen LogP contribution >= 0.6 is 0 Å². The molecule has 32 heavy (non-hydrogen) atoms. The molecular formula is C25H36FN5O. The monoisotopic (exact) mass is 441 g/mol. The van der Waals surface area contributed by atoms with Crippen LogP contribution in [-0.4, -0.2) is 39.8 Å². The molecule has 3 aromatic rings. The maximum Gasteiger partial charge on any atom is 0.253 e. The number of aromatic nitrogens is 3. The third kappa shape index (κ3) is 5.91. The van der Waals surface area contributed by atoms with Gasteiger partial charge >= 0.3 is 0 Å². The van der Waals surface area contributed by atoms with Gasteiger partial charge in [-0.15, -0.1) is 0 Å². The van der Waals surface area contributed by atoms with Crippen molar-refractivity contribution in [2.75, 3.05) is 13.1 Å². The third-order valence-electron chi connectivity index (χ3n) is 5.47. The maximum atomic E-state index is 13.2. The Morgan fingerprint density at radius 1 is 1.19 bits per heavy atom. The van der Waals surface area contributed by atoms with Gasteiger partial charge in [-0.1, -0.05) is 34.6 Å². The molecule has 1 amide bonds. The molecule has 3 heterocycles. The molecule has 0 aliphatic carbocycles. The molecule has 1 aliphatic rings. The minimum Gasteiger partial charge on any atom is -0.349 e. The Balaban J connectivity index is 0.000000860. The zero-order valence-electron chi connectivity index (χ0n) is 19.9. The molecule has 2 N–H and O–H groups in total. The van der Waals surface area contributed by atoms with Gasteiger partial charge in [-0.2, -0.15) is 5.10 Å². The Morgan fingerprint density at radius 3 is 2.53 bits per heavy atom. The smallest absolute Gasteiger partial charge is 0.253 e. The fourth-order valence-corrected chi connectivity index (χ4v) is 3.93. The minimum atomic E-state index is -0.304. The van der Waals surface area contributed by atoms with Crippen LogP contribution < -0.4 is 10.6 Å². The van der Waals surface area contributed by atoms with Crippen molar-refractivity contribution in [3.05, 3.63) is 54.2 Å². The van der Waals surface area contributed by atoms with Gasteiger partial charge in [0.2, 0.25) is 0 Å². The minimum absolute atomic E-state index is 0.127. The van der Waals surface area contributed by atoms with Gasteiger partial charge in [0.15, 0.2) is 0 Å². The largest absolute Gasteiger partial charge is 0.349 e. The highest BCUT2D eigenvalue weighted by molar-refractivity contribution is 6.06. The summed E-state index contributed by atoms with van der Waals surface area (Å²) in [5.74, 6) is 0.00666. The highest BCUT2D eigenvalue weighted by Crippen LogP contribution is 2.22. The third-order valence-corrected chi connectivity index (χ3v) is 5.47. The first-order chi connectivity index (χ1) is 15.7. The number of carbonyl (C=O) groups excluding carboxylic acids is 1. The maximum absolute atomic E-state index is 13.2. The van der Waals surface area contributed by atoms with Crippen LogP contribution in [-0.2, 0) is 0 Å². The van der Waals surface area contributed by atoms with Crippen molar-refractivity contribution < 1.29 is 9.18 Å². The van der Waals surface area contributed by atoms with Crippen LogP contribution in [0.25, 0.3) is 16.6 Å². The average molecular weight is 442 g/mol. The van der Waals surface area contributed by atoms with Gasteiger partial charge in [-0.25, -0.2) is 9.07 Å². The molecule has 1 aliphatic heterocycles. The molecule has 7 heteroatoms. The highest BCUT2D eigenvalue weighted by atomic mass is 19.1. The van der Waals surface area contributed by atoms with Gasteiger partial charge in [0.05, 0.1) is 29.2 Å². The normalized spacial score (nSPS) is 16.2. The SMILES string of the molecule is CC.CC.CCC(NC(=O)c1cncc2c1cnn2-c1ccc(F)cc1)C1CCCNC1. The number of halogens is 1. The number of hydrogen-bond donors (Lipinski definition) is 2. The van der Waals surface area contributed by atoms with Crippen molar-refractivity contribution in [1.29, 1.82) is 0 Å². The van der Waals surface area contributed by atoms with Gasteiger partial charge in [0, 0.05) is 17.6 Å². The van der Waals surface area contributed by atoms with Gasteiger partial charge in [0.25, 0.3) is 5.91 Å². The van der Waals surface area contributed by atoms with Crippen LogP contribution in [0.4, 0.5) is 4.39 Å². The zero-order chi connectivity index (χ0) is 23.5. The Hall–Kier alpha value is -2.80. The molecule has 1 aromatic carbocycles. The molecule has 0 saturated carbocycles. The Bertz CT molecular complexity index is 964. The molecule has 1 fully saturated rings. The molecule has 2 unspecified atom stereocenters. The predicted molar refractivity (Wildman–Crippen MR) is 129 cm³/mol. The molecule has 4 rings (SSSR count). The summed E-state index contributed by atoms with van der Waals surface area (Å²) < 4.78 is 14.9. The van der Waals surface area contributed by atoms with E-state index in [4.69, 9.17) is 0 Å². The number of nitrogens with one attached hydrogen (secondary N) is 2. The lowest BCUT2D eigenvalue weighted by Gasteiger charge is -2.30. The molecule has 174 valence electrons. The summed E-state index contributed by atoms with van der Waals surface area (Å²) in [4.78, 5) is 17.3. The van der Waals surface area contributed by atoms with E-state index < -0.39 is 0 Å². The van der Waals surface area contributed by atoms with Crippen LogP contribution in [0.15, 0.2) is 42.9 Å². The van der Waals surface area contributed by atoms with E-state index in [1.54, 1.807) is 35.4 Å². The van der Waals surface area contributed by atoms with E-state index in [0.29, 0.717) is 17.0 Å². The Labute approximate surface area is 190 Å². The lowest BCUT2D eigenvalue weighted by Crippen LogP contribution is -2.46. The number of carbonyl (C=O) groups is 1. The first-order valence-corrected chi connectivity index (χ1v) is 11.8. The van der Waals surface area contributed by atoms with Crippen molar-refractivity contribution in [1.82, 2.24) is 25.4 Å². The molecular weight excluding hydrogens is 405 g/mol. The van der Waals surface area contributed by atoms with E-state index in [-0.39, 0.29) is 17.8 Å². The molecule has 0 bridgehead atoms. The summed E-state index contributed by atoms with van der Waals surface area (Å²) >= 11 is 0. The van der Waals surface area contributed by atoms with Gasteiger partial charge in [0.1, 0.15) is 5.82 Å². The molecule has 6 nitrogen and oxygen atoms in total. The lowest BCUT2D eigenvalue weighted by molar-refractivity contribution is 0.0915. The van der Waals surface area contributed by atoms with Gasteiger partial charge < -0.3 is 10.6 Å². The number of rotatable bonds is 5. The van der Waals surface area contributed by atoms with Gasteiger partial charge in [-0.05, 0) is 62.5 Å². The van der Waals surface area contributed by atoms with Crippen LogP contribution in [0.5, 0.6) is 0 Å². The molecule has 1 saturated heterocycles. The standard InChI is InChI=1S/C21H24FN5O.2C2H6/c1-2-19(14-4-3-9-23-10-14)26-21(28)18-11-24-13-20-17(18)12-25-27(20)16-7-5-15(22)6-8-16;2*1-2/h5-8,11-14,19,23H,2-4,9-10H2,1H3,(H,26,28);2*1-2H3. The van der Waals surface area contributed by atoms with Crippen LogP contribution in [0.1, 0.15) is 64.2 Å². The number of amides is 1. The second-order valence-corrected chi connectivity index (χ2v) is 7.25. The first kappa shape index (κ1) is 25.5. The Morgan fingerprint density at radius 2 is 1.91 bits per heavy atom. The summed E-state index contributed by atoms with van der Waals surface area (Å²) in [5, 5.41) is 11.7. The summed E-state index contributed by atoms with van der Waals surface area (Å²) in [6.07, 6.45) is 8.06. The summed E-state index contributed by atoms with van der Waals surface area (Å²) in [6.45, 7) is 12.1. The van der Waals surface area contributed by atoms with E-state index in [0.717, 1.165) is 43.4 Å². The summed E-state index contributed by atoms with van der Waals surface area (Å²) in [7, 11) is 0. The first-order valence-electron chi connectivity index (χ1n) is 11.8. The zero-order valence-corrected chi connectivity index (χ0v) is 19.9. The highest BCUT2D eigenvalue weighted by Gasteiger charge is 2.25. The second kappa shape index (κ2) is 12.9. The van der Waals surface area contributed by atoms with Crippen molar-refractivity contribution in [3.63, 3.8) is 0 Å². The number of fused-ring (bicyclic) bond motifs is 1. The van der Waals surface area contributed by atoms with Crippen molar-refractivity contribution in [2.24, 2.45) is 5.92 Å². The number of piperidine rings is 1. The van der Waals surface area contributed by atoms with Crippen LogP contribution in [0.3, 0.4) is 0 Å². The van der Waals surface area contributed by atoms with E-state index in [1.807, 2.05) is 27.7 Å². The van der Waals surface area contributed by atoms with Crippen molar-refractivity contribution >= 4 is 16.8 Å². The number of pyridine rings is 1.